The normalized spacial score (nSPS) is 10.3. The highest BCUT2D eigenvalue weighted by molar-refractivity contribution is 5.93. The summed E-state index contributed by atoms with van der Waals surface area (Å²) >= 11 is 0. The summed E-state index contributed by atoms with van der Waals surface area (Å²) in [5, 5.41) is 1.84. The number of amides is 1. The Morgan fingerprint density at radius 1 is 1.38 bits per heavy atom. The van der Waals surface area contributed by atoms with Crippen LogP contribution >= 0.6 is 0 Å². The molecule has 1 heterocycles. The largest absolute Gasteiger partial charge is 0.496 e. The number of nitrogens with two attached hydrogens (primary N) is 1. The van der Waals surface area contributed by atoms with Gasteiger partial charge in [0, 0.05) is 23.2 Å². The maximum absolute atomic E-state index is 10.9. The van der Waals surface area contributed by atoms with E-state index >= 15 is 0 Å². The Bertz CT molecular complexity index is 538. The van der Waals surface area contributed by atoms with E-state index in [1.807, 2.05) is 18.2 Å². The van der Waals surface area contributed by atoms with Crippen molar-refractivity contribution in [3.63, 3.8) is 0 Å². The van der Waals surface area contributed by atoms with Crippen LogP contribution in [0.25, 0.3) is 10.8 Å². The number of benzene rings is 1. The summed E-state index contributed by atoms with van der Waals surface area (Å²) in [5.41, 5.74) is 6.07. The number of pyridine rings is 1. The van der Waals surface area contributed by atoms with Crippen molar-refractivity contribution in [2.45, 2.75) is 6.42 Å². The van der Waals surface area contributed by atoms with E-state index in [9.17, 15) is 4.79 Å². The molecule has 4 heteroatoms. The van der Waals surface area contributed by atoms with Gasteiger partial charge < -0.3 is 10.5 Å². The SMILES string of the molecule is COc1ccc(CC(N)=O)c2cnccc12. The molecule has 1 aromatic heterocycles. The second-order valence-corrected chi connectivity index (χ2v) is 3.49. The highest BCUT2D eigenvalue weighted by atomic mass is 16.5. The molecule has 2 aromatic rings. The fourth-order valence-corrected chi connectivity index (χ4v) is 1.74. The molecule has 0 radical (unpaired) electrons. The summed E-state index contributed by atoms with van der Waals surface area (Å²) in [5.74, 6) is 0.418. The van der Waals surface area contributed by atoms with Crippen molar-refractivity contribution in [2.75, 3.05) is 7.11 Å². The molecule has 0 saturated carbocycles. The van der Waals surface area contributed by atoms with Crippen LogP contribution in [0.4, 0.5) is 0 Å². The fraction of sp³-hybridized carbons (Fsp3) is 0.167. The first-order valence-corrected chi connectivity index (χ1v) is 4.90. The molecule has 0 bridgehead atoms. The van der Waals surface area contributed by atoms with Gasteiger partial charge in [-0.25, -0.2) is 0 Å². The third kappa shape index (κ3) is 1.82. The van der Waals surface area contributed by atoms with E-state index in [4.69, 9.17) is 10.5 Å². The Balaban J connectivity index is 2.64. The highest BCUT2D eigenvalue weighted by Gasteiger charge is 2.07. The molecule has 0 spiro atoms. The minimum atomic E-state index is -0.352. The van der Waals surface area contributed by atoms with Crippen molar-refractivity contribution < 1.29 is 9.53 Å². The Morgan fingerprint density at radius 2 is 2.19 bits per heavy atom. The van der Waals surface area contributed by atoms with Crippen LogP contribution in [-0.2, 0) is 11.2 Å². The lowest BCUT2D eigenvalue weighted by Gasteiger charge is -2.08. The molecule has 2 N–H and O–H groups in total. The van der Waals surface area contributed by atoms with Crippen LogP contribution in [0.3, 0.4) is 0 Å². The Hall–Kier alpha value is -2.10. The second-order valence-electron chi connectivity index (χ2n) is 3.49. The van der Waals surface area contributed by atoms with Crippen LogP contribution in [0.15, 0.2) is 30.6 Å². The van der Waals surface area contributed by atoms with Crippen molar-refractivity contribution in [2.24, 2.45) is 5.73 Å². The zero-order chi connectivity index (χ0) is 11.5. The van der Waals surface area contributed by atoms with Gasteiger partial charge in [0.1, 0.15) is 5.75 Å². The number of carbonyl (C=O) groups is 1. The molecular formula is C12H12N2O2. The average Bonchev–Trinajstić information content (AvgIpc) is 2.29. The highest BCUT2D eigenvalue weighted by Crippen LogP contribution is 2.27. The number of carbonyl (C=O) groups excluding carboxylic acids is 1. The Kier molecular flexibility index (Phi) is 2.72. The number of hydrogen-bond acceptors (Lipinski definition) is 3. The van der Waals surface area contributed by atoms with Crippen LogP contribution in [-0.4, -0.2) is 18.0 Å². The van der Waals surface area contributed by atoms with Gasteiger partial charge in [0.2, 0.25) is 5.91 Å². The number of primary amides is 1. The topological polar surface area (TPSA) is 65.2 Å². The molecule has 4 nitrogen and oxygen atoms in total. The van der Waals surface area contributed by atoms with Crippen LogP contribution in [0, 0.1) is 0 Å². The first kappa shape index (κ1) is 10.4. The number of ether oxygens (including phenoxy) is 1. The molecule has 0 fully saturated rings. The molecule has 16 heavy (non-hydrogen) atoms. The maximum Gasteiger partial charge on any atom is 0.221 e. The number of nitrogens with zero attached hydrogens (tertiary/aromatic N) is 1. The molecule has 0 aliphatic heterocycles. The lowest BCUT2D eigenvalue weighted by Crippen LogP contribution is -2.13. The average molecular weight is 216 g/mol. The Morgan fingerprint density at radius 3 is 2.88 bits per heavy atom. The number of rotatable bonds is 3. The van der Waals surface area contributed by atoms with Crippen LogP contribution in [0.1, 0.15) is 5.56 Å². The summed E-state index contributed by atoms with van der Waals surface area (Å²) in [6, 6.07) is 5.53. The van der Waals surface area contributed by atoms with E-state index in [2.05, 4.69) is 4.98 Å². The van der Waals surface area contributed by atoms with Crippen LogP contribution in [0.5, 0.6) is 5.75 Å². The lowest BCUT2D eigenvalue weighted by atomic mass is 10.0. The molecule has 2 rings (SSSR count). The molecule has 0 aliphatic carbocycles. The minimum absolute atomic E-state index is 0.214. The second kappa shape index (κ2) is 4.18. The third-order valence-corrected chi connectivity index (χ3v) is 2.45. The van der Waals surface area contributed by atoms with Gasteiger partial charge in [0.25, 0.3) is 0 Å². The van der Waals surface area contributed by atoms with Crippen LogP contribution in [0.2, 0.25) is 0 Å². The van der Waals surface area contributed by atoms with Gasteiger partial charge in [-0.15, -0.1) is 0 Å². The van der Waals surface area contributed by atoms with E-state index in [0.29, 0.717) is 0 Å². The molecule has 1 amide bonds. The van der Waals surface area contributed by atoms with E-state index < -0.39 is 0 Å². The predicted molar refractivity (Wildman–Crippen MR) is 61.2 cm³/mol. The molecule has 0 atom stereocenters. The lowest BCUT2D eigenvalue weighted by molar-refractivity contribution is -0.117. The number of methoxy groups -OCH3 is 1. The summed E-state index contributed by atoms with van der Waals surface area (Å²) in [6.45, 7) is 0. The first-order chi connectivity index (χ1) is 7.72. The van der Waals surface area contributed by atoms with Gasteiger partial charge in [0.05, 0.1) is 13.5 Å². The van der Waals surface area contributed by atoms with E-state index in [0.717, 1.165) is 22.1 Å². The zero-order valence-electron chi connectivity index (χ0n) is 8.93. The third-order valence-electron chi connectivity index (χ3n) is 2.45. The molecule has 82 valence electrons. The summed E-state index contributed by atoms with van der Waals surface area (Å²) in [4.78, 5) is 15.0. The van der Waals surface area contributed by atoms with E-state index in [-0.39, 0.29) is 12.3 Å². The Labute approximate surface area is 93.0 Å². The van der Waals surface area contributed by atoms with Crippen molar-refractivity contribution in [3.8, 4) is 5.75 Å². The fourth-order valence-electron chi connectivity index (χ4n) is 1.74. The predicted octanol–water partition coefficient (Wildman–Crippen LogP) is 1.27. The quantitative estimate of drug-likeness (QED) is 0.840. The monoisotopic (exact) mass is 216 g/mol. The minimum Gasteiger partial charge on any atom is -0.496 e. The summed E-state index contributed by atoms with van der Waals surface area (Å²) in [6.07, 6.45) is 3.63. The van der Waals surface area contributed by atoms with Crippen LogP contribution < -0.4 is 10.5 Å². The van der Waals surface area contributed by atoms with Crippen molar-refractivity contribution in [1.29, 1.82) is 0 Å². The zero-order valence-corrected chi connectivity index (χ0v) is 8.93. The van der Waals surface area contributed by atoms with Crippen molar-refractivity contribution >= 4 is 16.7 Å². The van der Waals surface area contributed by atoms with Gasteiger partial charge in [-0.3, -0.25) is 9.78 Å². The summed E-state index contributed by atoms with van der Waals surface area (Å²) < 4.78 is 5.24. The number of fused-ring (bicyclic) bond motifs is 1. The van der Waals surface area contributed by atoms with Gasteiger partial charge in [-0.1, -0.05) is 6.07 Å². The van der Waals surface area contributed by atoms with Crippen molar-refractivity contribution in [1.82, 2.24) is 4.98 Å². The van der Waals surface area contributed by atoms with Gasteiger partial charge in [-0.2, -0.15) is 0 Å². The number of aromatic nitrogens is 1. The molecule has 1 aromatic carbocycles. The van der Waals surface area contributed by atoms with E-state index in [1.54, 1.807) is 19.5 Å². The summed E-state index contributed by atoms with van der Waals surface area (Å²) in [7, 11) is 1.61. The van der Waals surface area contributed by atoms with Gasteiger partial charge >= 0.3 is 0 Å². The maximum atomic E-state index is 10.9. The molecule has 0 unspecified atom stereocenters. The molecule has 0 saturated heterocycles. The number of hydrogen-bond donors (Lipinski definition) is 1. The molecular weight excluding hydrogens is 204 g/mol. The van der Waals surface area contributed by atoms with E-state index in [1.165, 1.54) is 0 Å². The first-order valence-electron chi connectivity index (χ1n) is 4.90. The van der Waals surface area contributed by atoms with Gasteiger partial charge in [-0.05, 0) is 17.7 Å². The standard InChI is InChI=1S/C12H12N2O2/c1-16-11-3-2-8(6-12(13)15)10-7-14-5-4-9(10)11/h2-5,7H,6H2,1H3,(H2,13,15). The van der Waals surface area contributed by atoms with Crippen molar-refractivity contribution in [3.05, 3.63) is 36.2 Å². The van der Waals surface area contributed by atoms with Gasteiger partial charge in [0.15, 0.2) is 0 Å². The molecule has 0 aliphatic rings. The smallest absolute Gasteiger partial charge is 0.221 e.